The summed E-state index contributed by atoms with van der Waals surface area (Å²) in [6, 6.07) is 0. The Bertz CT molecular complexity index is 403. The fourth-order valence-corrected chi connectivity index (χ4v) is 7.21. The van der Waals surface area contributed by atoms with Gasteiger partial charge in [0.25, 0.3) is 0 Å². The molecule has 1 unspecified atom stereocenters. The van der Waals surface area contributed by atoms with E-state index in [1.165, 1.54) is 25.7 Å². The van der Waals surface area contributed by atoms with Gasteiger partial charge in [0.05, 0.1) is 0 Å². The van der Waals surface area contributed by atoms with Gasteiger partial charge in [0, 0.05) is 1.43 Å². The van der Waals surface area contributed by atoms with Crippen molar-refractivity contribution < 1.29 is 1.43 Å². The Balaban J connectivity index is 0.00000144. The highest BCUT2D eigenvalue weighted by molar-refractivity contribution is 6.40. The van der Waals surface area contributed by atoms with Gasteiger partial charge in [-0.2, -0.15) is 0 Å². The smallest absolute Gasteiger partial charge is 0.0655 e. The Morgan fingerprint density at radius 3 is 1.38 bits per heavy atom. The zero-order chi connectivity index (χ0) is 15.2. The van der Waals surface area contributed by atoms with Gasteiger partial charge in [0.2, 0.25) is 0 Å². The molecule has 0 amide bonds. The van der Waals surface area contributed by atoms with E-state index < -0.39 is 0 Å². The van der Waals surface area contributed by atoms with Crippen molar-refractivity contribution in [3.8, 4) is 0 Å². The standard InChI is InChI=1S/C20H34B.H2/c1-11-15-7-13(19(15,3)4)9-17(11)21-18-10-14-8-16(12(18)2)20(14,5)6;/h11-18H,7-10H2,1-6H3;1H/t11-,12-,13+,14+,15-,16?,17-,18-;/m0./s1. The quantitative estimate of drug-likeness (QED) is 0.553. The molecule has 0 saturated heterocycles. The summed E-state index contributed by atoms with van der Waals surface area (Å²) in [7, 11) is 2.86. The fraction of sp³-hybridized carbons (Fsp3) is 1.00. The summed E-state index contributed by atoms with van der Waals surface area (Å²) in [6.45, 7) is 15.2. The van der Waals surface area contributed by atoms with Crippen LogP contribution in [-0.2, 0) is 0 Å². The Morgan fingerprint density at radius 2 is 1.10 bits per heavy atom. The monoisotopic (exact) mass is 287 g/mol. The minimum absolute atomic E-state index is 0. The average molecular weight is 287 g/mol. The topological polar surface area (TPSA) is 0 Å². The van der Waals surface area contributed by atoms with Gasteiger partial charge < -0.3 is 0 Å². The molecule has 0 aromatic heterocycles. The van der Waals surface area contributed by atoms with Gasteiger partial charge in [-0.3, -0.25) is 0 Å². The molecule has 8 atom stereocenters. The number of hydrogen-bond acceptors (Lipinski definition) is 0. The van der Waals surface area contributed by atoms with Gasteiger partial charge in [-0.25, -0.2) is 0 Å². The normalized spacial score (nSPS) is 56.1. The van der Waals surface area contributed by atoms with Crippen molar-refractivity contribution in [1.29, 1.82) is 0 Å². The third-order valence-corrected chi connectivity index (χ3v) is 9.32. The zero-order valence-corrected chi connectivity index (χ0v) is 15.0. The van der Waals surface area contributed by atoms with Crippen LogP contribution in [0.15, 0.2) is 0 Å². The molecule has 0 N–H and O–H groups in total. The lowest BCUT2D eigenvalue weighted by molar-refractivity contribution is -0.106. The van der Waals surface area contributed by atoms with Crippen molar-refractivity contribution in [2.45, 2.75) is 78.9 Å². The molecule has 119 valence electrons. The van der Waals surface area contributed by atoms with Crippen LogP contribution in [-0.4, -0.2) is 7.28 Å². The van der Waals surface area contributed by atoms with Gasteiger partial charge in [-0.15, -0.1) is 0 Å². The second-order valence-corrected chi connectivity index (χ2v) is 10.4. The summed E-state index contributed by atoms with van der Waals surface area (Å²) in [5.41, 5.74) is 1.29. The summed E-state index contributed by atoms with van der Waals surface area (Å²) >= 11 is 0. The molecule has 0 aromatic rings. The van der Waals surface area contributed by atoms with Crippen molar-refractivity contribution >= 4 is 7.28 Å². The zero-order valence-electron chi connectivity index (χ0n) is 15.0. The molecule has 6 rings (SSSR count). The fourth-order valence-electron chi connectivity index (χ4n) is 7.21. The number of rotatable bonds is 2. The van der Waals surface area contributed by atoms with Crippen molar-refractivity contribution in [3.05, 3.63) is 0 Å². The maximum Gasteiger partial charge on any atom is 0.118 e. The molecule has 6 aliphatic rings. The van der Waals surface area contributed by atoms with E-state index >= 15 is 0 Å². The van der Waals surface area contributed by atoms with Crippen LogP contribution in [0, 0.1) is 46.3 Å². The van der Waals surface area contributed by atoms with Crippen LogP contribution in [0.25, 0.3) is 0 Å². The van der Waals surface area contributed by atoms with Crippen molar-refractivity contribution in [1.82, 2.24) is 0 Å². The number of hydrogen-bond donors (Lipinski definition) is 0. The molecule has 6 saturated carbocycles. The van der Waals surface area contributed by atoms with E-state index in [4.69, 9.17) is 0 Å². The minimum Gasteiger partial charge on any atom is -0.0655 e. The lowest BCUT2D eigenvalue weighted by atomic mass is 9.31. The molecular weight excluding hydrogens is 251 g/mol. The minimum atomic E-state index is 0. The largest absolute Gasteiger partial charge is 0.118 e. The van der Waals surface area contributed by atoms with Gasteiger partial charge >= 0.3 is 0 Å². The third-order valence-electron chi connectivity index (χ3n) is 9.32. The van der Waals surface area contributed by atoms with Gasteiger partial charge in [0.15, 0.2) is 0 Å². The lowest BCUT2D eigenvalue weighted by Crippen LogP contribution is -2.57. The molecule has 1 radical (unpaired) electrons. The van der Waals surface area contributed by atoms with Gasteiger partial charge in [-0.05, 0) is 59.2 Å². The predicted molar refractivity (Wildman–Crippen MR) is 93.7 cm³/mol. The Hall–Kier alpha value is 0.0649. The molecule has 21 heavy (non-hydrogen) atoms. The first-order valence-corrected chi connectivity index (χ1v) is 9.58. The Morgan fingerprint density at radius 1 is 0.714 bits per heavy atom. The first-order chi connectivity index (χ1) is 9.73. The molecule has 0 aliphatic heterocycles. The maximum absolute atomic E-state index is 2.86. The molecule has 4 bridgehead atoms. The van der Waals surface area contributed by atoms with Crippen molar-refractivity contribution in [2.24, 2.45) is 46.3 Å². The van der Waals surface area contributed by atoms with E-state index in [0.717, 1.165) is 47.1 Å². The van der Waals surface area contributed by atoms with E-state index in [9.17, 15) is 0 Å². The highest BCUT2D eigenvalue weighted by Crippen LogP contribution is 2.68. The molecule has 0 aromatic carbocycles. The highest BCUT2D eigenvalue weighted by Gasteiger charge is 2.59. The van der Waals surface area contributed by atoms with Crippen LogP contribution in [0.5, 0.6) is 0 Å². The molecule has 6 fully saturated rings. The Labute approximate surface area is 134 Å². The third kappa shape index (κ3) is 1.81. The van der Waals surface area contributed by atoms with Gasteiger partial charge in [0.1, 0.15) is 7.28 Å². The Kier molecular flexibility index (Phi) is 3.02. The summed E-state index contributed by atoms with van der Waals surface area (Å²) in [6.07, 6.45) is 6.03. The van der Waals surface area contributed by atoms with Gasteiger partial charge in [-0.1, -0.05) is 66.0 Å². The predicted octanol–water partition coefficient (Wildman–Crippen LogP) is 5.92. The second-order valence-electron chi connectivity index (χ2n) is 10.4. The van der Waals surface area contributed by atoms with Crippen LogP contribution in [0.2, 0.25) is 11.6 Å². The summed E-state index contributed by atoms with van der Waals surface area (Å²) in [4.78, 5) is 0. The van der Waals surface area contributed by atoms with Crippen molar-refractivity contribution in [2.75, 3.05) is 0 Å². The van der Waals surface area contributed by atoms with E-state index in [2.05, 4.69) is 48.8 Å². The van der Waals surface area contributed by atoms with Crippen LogP contribution in [0.4, 0.5) is 0 Å². The maximum atomic E-state index is 2.86. The van der Waals surface area contributed by atoms with Crippen LogP contribution < -0.4 is 0 Å². The second kappa shape index (κ2) is 4.32. The van der Waals surface area contributed by atoms with E-state index in [1.54, 1.807) is 0 Å². The molecule has 1 heteroatoms. The van der Waals surface area contributed by atoms with Crippen LogP contribution in [0.1, 0.15) is 68.7 Å². The van der Waals surface area contributed by atoms with E-state index in [0.29, 0.717) is 10.8 Å². The summed E-state index contributed by atoms with van der Waals surface area (Å²) in [5, 5.41) is 0. The first-order valence-electron chi connectivity index (χ1n) is 9.58. The van der Waals surface area contributed by atoms with Crippen molar-refractivity contribution in [3.63, 3.8) is 0 Å². The van der Waals surface area contributed by atoms with Crippen LogP contribution >= 0.6 is 0 Å². The SMILES string of the molecule is C[C@@H]1[C@@H]([B][C@H]2C[C@H]3CC([C@@H]2C)C3(C)C)C[C@H]2C[C@@H]1C2(C)C.[HH]. The highest BCUT2D eigenvalue weighted by atomic mass is 14.6. The first kappa shape index (κ1) is 14.6. The molecular formula is C20H36B. The van der Waals surface area contributed by atoms with E-state index in [-0.39, 0.29) is 1.43 Å². The molecule has 0 nitrogen and oxygen atoms in total. The molecule has 0 spiro atoms. The number of fused-ring (bicyclic) bond motifs is 4. The molecule has 0 heterocycles. The molecule has 6 aliphatic carbocycles. The van der Waals surface area contributed by atoms with Crippen LogP contribution in [0.3, 0.4) is 0 Å². The lowest BCUT2D eigenvalue weighted by Gasteiger charge is -2.65. The summed E-state index contributed by atoms with van der Waals surface area (Å²) < 4.78 is 0. The summed E-state index contributed by atoms with van der Waals surface area (Å²) in [5.74, 6) is 7.76. The van der Waals surface area contributed by atoms with E-state index in [1.807, 2.05) is 0 Å². The average Bonchev–Trinajstić information content (AvgIpc) is 2.41.